The zero-order chi connectivity index (χ0) is 11.0. The third-order valence-electron chi connectivity index (χ3n) is 3.20. The topological polar surface area (TPSA) is 18.5 Å². The van der Waals surface area contributed by atoms with Crippen molar-refractivity contribution in [1.29, 1.82) is 0 Å². The van der Waals surface area contributed by atoms with Crippen molar-refractivity contribution in [3.8, 4) is 0 Å². The van der Waals surface area contributed by atoms with Gasteiger partial charge < -0.3 is 8.85 Å². The van der Waals surface area contributed by atoms with Crippen LogP contribution in [0.25, 0.3) is 0 Å². The molecule has 0 rings (SSSR count). The fourth-order valence-electron chi connectivity index (χ4n) is 1.89. The van der Waals surface area contributed by atoms with Gasteiger partial charge in [-0.05, 0) is 13.0 Å². The molecule has 0 aromatic heterocycles. The van der Waals surface area contributed by atoms with E-state index in [9.17, 15) is 0 Å². The molecule has 0 aliphatic rings. The van der Waals surface area contributed by atoms with Crippen molar-refractivity contribution in [1.82, 2.24) is 0 Å². The first-order chi connectivity index (χ1) is 6.64. The fourth-order valence-corrected chi connectivity index (χ4v) is 4.20. The minimum absolute atomic E-state index is 0.643. The third-order valence-corrected chi connectivity index (χ3v) is 7.00. The van der Waals surface area contributed by atoms with Crippen LogP contribution in [0.5, 0.6) is 0 Å². The molecule has 1 atom stereocenters. The van der Waals surface area contributed by atoms with Crippen LogP contribution in [0.2, 0.25) is 12.1 Å². The monoisotopic (exact) mass is 218 g/mol. The molecule has 0 amide bonds. The summed E-state index contributed by atoms with van der Waals surface area (Å²) in [4.78, 5) is 0. The van der Waals surface area contributed by atoms with Crippen LogP contribution in [0.15, 0.2) is 0 Å². The first kappa shape index (κ1) is 14.1. The lowest BCUT2D eigenvalue weighted by atomic mass is 10.1. The quantitative estimate of drug-likeness (QED) is 0.457. The van der Waals surface area contributed by atoms with Gasteiger partial charge >= 0.3 is 8.56 Å². The normalized spacial score (nSPS) is 14.4. The van der Waals surface area contributed by atoms with Crippen LogP contribution in [0.4, 0.5) is 0 Å². The van der Waals surface area contributed by atoms with Crippen molar-refractivity contribution in [2.24, 2.45) is 0 Å². The summed E-state index contributed by atoms with van der Waals surface area (Å²) < 4.78 is 11.2. The molecule has 0 aromatic rings. The molecule has 0 fully saturated rings. The van der Waals surface area contributed by atoms with E-state index in [-0.39, 0.29) is 0 Å². The van der Waals surface area contributed by atoms with Crippen LogP contribution in [-0.4, -0.2) is 22.8 Å². The molecule has 2 nitrogen and oxygen atoms in total. The summed E-state index contributed by atoms with van der Waals surface area (Å²) in [5.41, 5.74) is 0.643. The van der Waals surface area contributed by atoms with Crippen molar-refractivity contribution < 1.29 is 8.85 Å². The average molecular weight is 218 g/mol. The maximum atomic E-state index is 5.59. The highest BCUT2D eigenvalue weighted by atomic mass is 28.4. The summed E-state index contributed by atoms with van der Waals surface area (Å²) in [7, 11) is 1.70. The Morgan fingerprint density at radius 3 is 2.00 bits per heavy atom. The second kappa shape index (κ2) is 7.43. The van der Waals surface area contributed by atoms with Crippen molar-refractivity contribution in [3.63, 3.8) is 0 Å². The largest absolute Gasteiger partial charge is 0.398 e. The number of rotatable bonds is 8. The molecular weight excluding hydrogens is 192 g/mol. The van der Waals surface area contributed by atoms with Crippen LogP contribution in [0.3, 0.4) is 0 Å². The highest BCUT2D eigenvalue weighted by Crippen LogP contribution is 2.31. The van der Waals surface area contributed by atoms with Crippen LogP contribution >= 0.6 is 0 Å². The van der Waals surface area contributed by atoms with E-state index in [1.807, 2.05) is 0 Å². The van der Waals surface area contributed by atoms with Crippen molar-refractivity contribution in [3.05, 3.63) is 0 Å². The lowest BCUT2D eigenvalue weighted by Gasteiger charge is -2.31. The minimum Gasteiger partial charge on any atom is -0.398 e. The standard InChI is InChI=1S/C11H26O2Si/c1-6-8-9-10-11(7-2)14(5,12-3)13-4/h11H,6-10H2,1-5H3. The second-order valence-electron chi connectivity index (χ2n) is 4.03. The van der Waals surface area contributed by atoms with Gasteiger partial charge in [-0.2, -0.15) is 0 Å². The summed E-state index contributed by atoms with van der Waals surface area (Å²) in [5.74, 6) is 0. The summed E-state index contributed by atoms with van der Waals surface area (Å²) in [6.07, 6.45) is 6.36. The Morgan fingerprint density at radius 1 is 1.07 bits per heavy atom. The Hall–Kier alpha value is 0.137. The minimum atomic E-state index is -1.88. The highest BCUT2D eigenvalue weighted by molar-refractivity contribution is 6.67. The summed E-state index contributed by atoms with van der Waals surface area (Å²) >= 11 is 0. The Labute approximate surface area is 90.2 Å². The van der Waals surface area contributed by atoms with Crippen molar-refractivity contribution in [2.45, 2.75) is 58.0 Å². The first-order valence-corrected chi connectivity index (χ1v) is 8.14. The van der Waals surface area contributed by atoms with E-state index in [1.54, 1.807) is 14.2 Å². The summed E-state index contributed by atoms with van der Waals surface area (Å²) in [5, 5.41) is 0. The zero-order valence-corrected chi connectivity index (χ0v) is 11.4. The van der Waals surface area contributed by atoms with Crippen LogP contribution < -0.4 is 0 Å². The molecule has 0 saturated heterocycles. The molecule has 0 saturated carbocycles. The number of hydrogen-bond acceptors (Lipinski definition) is 2. The molecule has 0 aliphatic carbocycles. The van der Waals surface area contributed by atoms with Crippen molar-refractivity contribution in [2.75, 3.05) is 14.2 Å². The maximum absolute atomic E-state index is 5.59. The third kappa shape index (κ3) is 4.11. The molecule has 1 unspecified atom stereocenters. The van der Waals surface area contributed by atoms with Gasteiger partial charge in [-0.1, -0.05) is 39.5 Å². The molecule has 0 aliphatic heterocycles. The van der Waals surface area contributed by atoms with E-state index in [0.29, 0.717) is 5.54 Å². The predicted octanol–water partition coefficient (Wildman–Crippen LogP) is 3.71. The van der Waals surface area contributed by atoms with Gasteiger partial charge in [0.15, 0.2) is 0 Å². The Morgan fingerprint density at radius 2 is 1.64 bits per heavy atom. The van der Waals surface area contributed by atoms with Gasteiger partial charge in [-0.15, -0.1) is 0 Å². The maximum Gasteiger partial charge on any atom is 0.337 e. The van der Waals surface area contributed by atoms with Gasteiger partial charge in [0.1, 0.15) is 0 Å². The van der Waals surface area contributed by atoms with E-state index in [2.05, 4.69) is 20.4 Å². The van der Waals surface area contributed by atoms with E-state index >= 15 is 0 Å². The Kier molecular flexibility index (Phi) is 7.50. The lowest BCUT2D eigenvalue weighted by molar-refractivity contribution is 0.231. The van der Waals surface area contributed by atoms with E-state index in [4.69, 9.17) is 8.85 Å². The van der Waals surface area contributed by atoms with Gasteiger partial charge in [0.2, 0.25) is 0 Å². The molecular formula is C11H26O2Si. The molecule has 0 aromatic carbocycles. The SMILES string of the molecule is CCCCCC(CC)[Si](C)(OC)OC. The molecule has 86 valence electrons. The van der Waals surface area contributed by atoms with E-state index in [0.717, 1.165) is 0 Å². The molecule has 0 spiro atoms. The summed E-state index contributed by atoms with van der Waals surface area (Å²) in [6, 6.07) is 0. The van der Waals surface area contributed by atoms with E-state index < -0.39 is 8.56 Å². The van der Waals surface area contributed by atoms with Gasteiger partial charge in [0.25, 0.3) is 0 Å². The Balaban J connectivity index is 4.08. The average Bonchev–Trinajstić information content (AvgIpc) is 2.23. The van der Waals surface area contributed by atoms with E-state index in [1.165, 1.54) is 32.1 Å². The summed E-state index contributed by atoms with van der Waals surface area (Å²) in [6.45, 7) is 6.65. The molecule has 0 heterocycles. The number of unbranched alkanes of at least 4 members (excludes halogenated alkanes) is 2. The zero-order valence-electron chi connectivity index (χ0n) is 10.4. The lowest BCUT2D eigenvalue weighted by Crippen LogP contribution is -2.41. The number of hydrogen-bond donors (Lipinski definition) is 0. The van der Waals surface area contributed by atoms with Gasteiger partial charge in [-0.25, -0.2) is 0 Å². The van der Waals surface area contributed by atoms with Gasteiger partial charge in [0.05, 0.1) is 0 Å². The van der Waals surface area contributed by atoms with Gasteiger partial charge in [-0.3, -0.25) is 0 Å². The molecule has 0 N–H and O–H groups in total. The smallest absolute Gasteiger partial charge is 0.337 e. The molecule has 14 heavy (non-hydrogen) atoms. The highest BCUT2D eigenvalue weighted by Gasteiger charge is 2.37. The molecule has 0 bridgehead atoms. The van der Waals surface area contributed by atoms with Crippen LogP contribution in [0, 0.1) is 0 Å². The van der Waals surface area contributed by atoms with Crippen molar-refractivity contribution >= 4 is 8.56 Å². The fraction of sp³-hybridized carbons (Fsp3) is 1.00. The first-order valence-electron chi connectivity index (χ1n) is 5.74. The molecule has 3 heteroatoms. The van der Waals surface area contributed by atoms with Gasteiger partial charge in [0, 0.05) is 19.8 Å². The van der Waals surface area contributed by atoms with Crippen LogP contribution in [0.1, 0.15) is 46.0 Å². The molecule has 0 radical (unpaired) electrons. The Bertz CT molecular complexity index is 135. The second-order valence-corrected chi connectivity index (χ2v) is 7.69. The predicted molar refractivity (Wildman–Crippen MR) is 63.8 cm³/mol. The van der Waals surface area contributed by atoms with Crippen LogP contribution in [-0.2, 0) is 8.85 Å².